The molecule has 0 heterocycles. The minimum Gasteiger partial charge on any atom is -0.493 e. The third-order valence-electron chi connectivity index (χ3n) is 1.43. The van der Waals surface area contributed by atoms with Gasteiger partial charge < -0.3 is 9.47 Å². The Labute approximate surface area is 72.1 Å². The maximum absolute atomic E-state index is 6.91. The first kappa shape index (κ1) is 8.87. The molecule has 0 saturated carbocycles. The van der Waals surface area contributed by atoms with Gasteiger partial charge in [0.2, 0.25) is 0 Å². The molecule has 1 N–H and O–H groups in total. The van der Waals surface area contributed by atoms with Crippen molar-refractivity contribution in [1.82, 2.24) is 5.73 Å². The molecule has 0 saturated heterocycles. The van der Waals surface area contributed by atoms with Crippen LogP contribution in [0.1, 0.15) is 0 Å². The number of para-hydroxylation sites is 2. The van der Waals surface area contributed by atoms with Crippen LogP contribution in [0, 0.1) is 0 Å². The topological polar surface area (TPSA) is 42.3 Å². The van der Waals surface area contributed by atoms with Gasteiger partial charge in [-0.05, 0) is 12.1 Å². The summed E-state index contributed by atoms with van der Waals surface area (Å²) >= 11 is 0. The number of benzene rings is 1. The molecule has 1 aromatic carbocycles. The number of methoxy groups -OCH3 is 1. The van der Waals surface area contributed by atoms with Gasteiger partial charge in [-0.15, -0.1) is 0 Å². The highest BCUT2D eigenvalue weighted by Gasteiger charge is 2.00. The lowest BCUT2D eigenvalue weighted by Gasteiger charge is -2.08. The van der Waals surface area contributed by atoms with Crippen LogP contribution in [0.25, 0.3) is 0 Å². The monoisotopic (exact) mass is 166 g/mol. The van der Waals surface area contributed by atoms with Crippen molar-refractivity contribution < 1.29 is 9.47 Å². The number of nitrogens with one attached hydrogen (secondary N) is 1. The van der Waals surface area contributed by atoms with E-state index in [1.807, 2.05) is 24.3 Å². The van der Waals surface area contributed by atoms with E-state index in [9.17, 15) is 0 Å². The Morgan fingerprint density at radius 3 is 2.50 bits per heavy atom. The van der Waals surface area contributed by atoms with Crippen LogP contribution in [0.4, 0.5) is 0 Å². The minimum atomic E-state index is 0.262. The van der Waals surface area contributed by atoms with Crippen molar-refractivity contribution in [3.63, 3.8) is 0 Å². The summed E-state index contributed by atoms with van der Waals surface area (Å²) in [4.78, 5) is 0. The molecule has 1 radical (unpaired) electrons. The zero-order valence-electron chi connectivity index (χ0n) is 7.04. The Hall–Kier alpha value is -1.22. The molecule has 0 unspecified atom stereocenters. The molecule has 0 aliphatic rings. The Bertz CT molecular complexity index is 238. The highest BCUT2D eigenvalue weighted by atomic mass is 16.5. The van der Waals surface area contributed by atoms with Gasteiger partial charge in [-0.3, -0.25) is 5.73 Å². The van der Waals surface area contributed by atoms with Crippen LogP contribution in [0.3, 0.4) is 0 Å². The van der Waals surface area contributed by atoms with E-state index in [2.05, 4.69) is 0 Å². The van der Waals surface area contributed by atoms with E-state index in [1.54, 1.807) is 7.11 Å². The summed E-state index contributed by atoms with van der Waals surface area (Å²) in [5, 5.41) is 0. The average molecular weight is 166 g/mol. The van der Waals surface area contributed by atoms with Crippen LogP contribution >= 0.6 is 0 Å². The van der Waals surface area contributed by atoms with Crippen LogP contribution in [0.5, 0.6) is 11.5 Å². The number of hydrogen-bond acceptors (Lipinski definition) is 2. The summed E-state index contributed by atoms with van der Waals surface area (Å²) in [6, 6.07) is 7.42. The maximum atomic E-state index is 6.91. The highest BCUT2D eigenvalue weighted by molar-refractivity contribution is 5.39. The molecule has 0 aliphatic heterocycles. The van der Waals surface area contributed by atoms with Crippen molar-refractivity contribution in [2.45, 2.75) is 0 Å². The summed E-state index contributed by atoms with van der Waals surface area (Å²) in [6.07, 6.45) is 0. The van der Waals surface area contributed by atoms with Gasteiger partial charge >= 0.3 is 0 Å². The lowest BCUT2D eigenvalue weighted by atomic mass is 10.3. The van der Waals surface area contributed by atoms with Crippen LogP contribution in [-0.2, 0) is 0 Å². The SMILES string of the molecule is COc1ccccc1OCC[NH]. The molecular formula is C9H12NO2. The third kappa shape index (κ3) is 2.13. The van der Waals surface area contributed by atoms with Crippen LogP contribution in [0.2, 0.25) is 0 Å². The Kier molecular flexibility index (Phi) is 3.41. The molecule has 0 fully saturated rings. The fourth-order valence-corrected chi connectivity index (χ4v) is 0.899. The van der Waals surface area contributed by atoms with E-state index in [1.165, 1.54) is 0 Å². The molecule has 12 heavy (non-hydrogen) atoms. The number of hydrogen-bond donors (Lipinski definition) is 0. The summed E-state index contributed by atoms with van der Waals surface area (Å²) in [5.74, 6) is 1.42. The molecule has 0 amide bonds. The lowest BCUT2D eigenvalue weighted by molar-refractivity contribution is 0.301. The number of rotatable bonds is 4. The molecule has 0 aromatic heterocycles. The maximum Gasteiger partial charge on any atom is 0.161 e. The van der Waals surface area contributed by atoms with Crippen LogP contribution in [0.15, 0.2) is 24.3 Å². The van der Waals surface area contributed by atoms with Gasteiger partial charge in [0.1, 0.15) is 6.61 Å². The molecule has 0 atom stereocenters. The summed E-state index contributed by atoms with van der Waals surface area (Å²) in [5.41, 5.74) is 6.91. The van der Waals surface area contributed by atoms with Gasteiger partial charge in [-0.2, -0.15) is 0 Å². The Balaban J connectivity index is 2.68. The van der Waals surface area contributed by atoms with E-state index in [0.29, 0.717) is 18.1 Å². The largest absolute Gasteiger partial charge is 0.493 e. The van der Waals surface area contributed by atoms with Gasteiger partial charge in [-0.1, -0.05) is 12.1 Å². The van der Waals surface area contributed by atoms with Gasteiger partial charge in [0.15, 0.2) is 11.5 Å². The number of ether oxygens (including phenoxy) is 2. The molecule has 0 spiro atoms. The summed E-state index contributed by atoms with van der Waals surface area (Å²) in [7, 11) is 1.60. The molecule has 1 rings (SSSR count). The van der Waals surface area contributed by atoms with Gasteiger partial charge in [0.05, 0.1) is 7.11 Å². The zero-order valence-corrected chi connectivity index (χ0v) is 7.04. The molecule has 3 heteroatoms. The Morgan fingerprint density at radius 1 is 1.25 bits per heavy atom. The predicted octanol–water partition coefficient (Wildman–Crippen LogP) is 1.36. The van der Waals surface area contributed by atoms with Gasteiger partial charge in [0.25, 0.3) is 0 Å². The molecule has 0 bridgehead atoms. The zero-order chi connectivity index (χ0) is 8.81. The van der Waals surface area contributed by atoms with Crippen molar-refractivity contribution in [2.75, 3.05) is 20.3 Å². The molecule has 1 aromatic rings. The smallest absolute Gasteiger partial charge is 0.161 e. The van der Waals surface area contributed by atoms with Crippen molar-refractivity contribution in [3.05, 3.63) is 24.3 Å². The first-order valence-corrected chi connectivity index (χ1v) is 3.79. The second-order valence-corrected chi connectivity index (χ2v) is 2.25. The summed E-state index contributed by atoms with van der Waals surface area (Å²) < 4.78 is 10.3. The minimum absolute atomic E-state index is 0.262. The third-order valence-corrected chi connectivity index (χ3v) is 1.43. The quantitative estimate of drug-likeness (QED) is 0.677. The van der Waals surface area contributed by atoms with Crippen molar-refractivity contribution in [1.29, 1.82) is 0 Å². The first-order valence-electron chi connectivity index (χ1n) is 3.79. The van der Waals surface area contributed by atoms with Crippen molar-refractivity contribution in [3.8, 4) is 11.5 Å². The average Bonchev–Trinajstić information content (AvgIpc) is 2.15. The molecule has 0 aliphatic carbocycles. The molecule has 65 valence electrons. The highest BCUT2D eigenvalue weighted by Crippen LogP contribution is 2.25. The van der Waals surface area contributed by atoms with Crippen molar-refractivity contribution in [2.24, 2.45) is 0 Å². The van der Waals surface area contributed by atoms with Crippen LogP contribution in [-0.4, -0.2) is 20.3 Å². The van der Waals surface area contributed by atoms with E-state index < -0.39 is 0 Å². The fraction of sp³-hybridized carbons (Fsp3) is 0.333. The Morgan fingerprint density at radius 2 is 1.92 bits per heavy atom. The van der Waals surface area contributed by atoms with E-state index in [4.69, 9.17) is 15.2 Å². The standard InChI is InChI=1S/C9H12NO2/c1-11-8-4-2-3-5-9(8)12-7-6-10/h2-5,10H,6-7H2,1H3. The summed E-state index contributed by atoms with van der Waals surface area (Å²) in [6.45, 7) is 0.665. The predicted molar refractivity (Wildman–Crippen MR) is 46.5 cm³/mol. The van der Waals surface area contributed by atoms with Gasteiger partial charge in [-0.25, -0.2) is 0 Å². The second kappa shape index (κ2) is 4.62. The fourth-order valence-electron chi connectivity index (χ4n) is 0.899. The second-order valence-electron chi connectivity index (χ2n) is 2.25. The first-order chi connectivity index (χ1) is 5.88. The normalized spacial score (nSPS) is 9.50. The molecule has 3 nitrogen and oxygen atoms in total. The van der Waals surface area contributed by atoms with Crippen LogP contribution < -0.4 is 15.2 Å². The lowest BCUT2D eigenvalue weighted by Crippen LogP contribution is -2.03. The molecular weight excluding hydrogens is 154 g/mol. The van der Waals surface area contributed by atoms with Crippen molar-refractivity contribution >= 4 is 0 Å². The van der Waals surface area contributed by atoms with Gasteiger partial charge in [0, 0.05) is 6.54 Å². The van der Waals surface area contributed by atoms with E-state index in [-0.39, 0.29) is 6.54 Å². The van der Waals surface area contributed by atoms with E-state index in [0.717, 1.165) is 0 Å². The van der Waals surface area contributed by atoms with E-state index >= 15 is 0 Å².